The van der Waals surface area contributed by atoms with E-state index in [2.05, 4.69) is 29.8 Å². The van der Waals surface area contributed by atoms with Gasteiger partial charge in [-0.05, 0) is 52.4 Å². The Morgan fingerprint density at radius 2 is 1.86 bits per heavy atom. The maximum atomic E-state index is 12.7. The Bertz CT molecular complexity index is 660. The molecule has 5 nitrogen and oxygen atoms in total. The Morgan fingerprint density at radius 1 is 1.29 bits per heavy atom. The molecule has 1 saturated heterocycles. The maximum absolute atomic E-state index is 12.7. The molecule has 2 rings (SSSR count). The topological polar surface area (TPSA) is 74.7 Å². The van der Waals surface area contributed by atoms with E-state index in [1.54, 1.807) is 0 Å². The van der Waals surface area contributed by atoms with Crippen molar-refractivity contribution in [3.8, 4) is 0 Å². The number of carboxylic acids is 1. The molecule has 0 aromatic heterocycles. The monoisotopic (exact) mass is 375 g/mol. The summed E-state index contributed by atoms with van der Waals surface area (Å²) in [6.07, 6.45) is 1.59. The maximum Gasteiger partial charge on any atom is 0.335 e. The highest BCUT2D eigenvalue weighted by Gasteiger charge is 2.33. The molecule has 1 N–H and O–H groups in total. The number of carboxylic acid groups (broad SMARTS) is 1. The van der Waals surface area contributed by atoms with Gasteiger partial charge in [0.05, 0.1) is 10.5 Å². The van der Waals surface area contributed by atoms with Gasteiger partial charge in [0.2, 0.25) is 10.0 Å². The molecule has 0 radical (unpaired) electrons. The lowest BCUT2D eigenvalue weighted by Crippen LogP contribution is -2.41. The zero-order chi connectivity index (χ0) is 15.8. The summed E-state index contributed by atoms with van der Waals surface area (Å²) in [5.41, 5.74) is 0.112. The van der Waals surface area contributed by atoms with Gasteiger partial charge in [0.25, 0.3) is 0 Å². The molecule has 7 heteroatoms. The molecule has 0 amide bonds. The van der Waals surface area contributed by atoms with Crippen LogP contribution < -0.4 is 0 Å². The smallest absolute Gasteiger partial charge is 0.335 e. The van der Waals surface area contributed by atoms with Gasteiger partial charge in [-0.1, -0.05) is 13.8 Å². The third-order valence-corrected chi connectivity index (χ3v) is 6.76. The van der Waals surface area contributed by atoms with Crippen molar-refractivity contribution in [2.24, 2.45) is 5.41 Å². The zero-order valence-corrected chi connectivity index (χ0v) is 14.4. The molecule has 0 unspecified atom stereocenters. The molecule has 0 aliphatic carbocycles. The number of hydrogen-bond donors (Lipinski definition) is 1. The second-order valence-corrected chi connectivity index (χ2v) is 8.78. The van der Waals surface area contributed by atoms with Crippen LogP contribution in [0.4, 0.5) is 0 Å². The summed E-state index contributed by atoms with van der Waals surface area (Å²) in [6, 6.07) is 4.05. The van der Waals surface area contributed by atoms with E-state index in [1.165, 1.54) is 22.5 Å². The Morgan fingerprint density at radius 3 is 2.38 bits per heavy atom. The van der Waals surface area contributed by atoms with Gasteiger partial charge in [-0.3, -0.25) is 0 Å². The molecule has 1 fully saturated rings. The Kier molecular flexibility index (Phi) is 4.46. The van der Waals surface area contributed by atoms with Crippen molar-refractivity contribution in [3.63, 3.8) is 0 Å². The Hall–Kier alpha value is -0.920. The van der Waals surface area contributed by atoms with Crippen LogP contribution in [0.3, 0.4) is 0 Å². The lowest BCUT2D eigenvalue weighted by Gasteiger charge is -2.36. The number of rotatable bonds is 3. The van der Waals surface area contributed by atoms with E-state index >= 15 is 0 Å². The molecule has 1 aromatic rings. The number of carbonyl (C=O) groups is 1. The molecule has 0 bridgehead atoms. The lowest BCUT2D eigenvalue weighted by atomic mass is 9.83. The first-order chi connectivity index (χ1) is 9.63. The predicted molar refractivity (Wildman–Crippen MR) is 82.9 cm³/mol. The molecule has 0 spiro atoms. The van der Waals surface area contributed by atoms with Gasteiger partial charge >= 0.3 is 5.97 Å². The van der Waals surface area contributed by atoms with Gasteiger partial charge in [-0.2, -0.15) is 4.31 Å². The third kappa shape index (κ3) is 3.46. The van der Waals surface area contributed by atoms with Crippen LogP contribution in [-0.4, -0.2) is 36.9 Å². The van der Waals surface area contributed by atoms with Crippen LogP contribution in [0.2, 0.25) is 0 Å². The minimum atomic E-state index is -3.68. The van der Waals surface area contributed by atoms with Crippen molar-refractivity contribution in [3.05, 3.63) is 28.2 Å². The highest BCUT2D eigenvalue weighted by atomic mass is 79.9. The van der Waals surface area contributed by atoms with Crippen LogP contribution in [0.1, 0.15) is 37.0 Å². The van der Waals surface area contributed by atoms with E-state index in [4.69, 9.17) is 5.11 Å². The average molecular weight is 376 g/mol. The zero-order valence-electron chi connectivity index (χ0n) is 12.0. The predicted octanol–water partition coefficient (Wildman–Crippen LogP) is 2.96. The fourth-order valence-electron chi connectivity index (χ4n) is 2.31. The van der Waals surface area contributed by atoms with Crippen LogP contribution in [0, 0.1) is 5.41 Å². The molecule has 1 aliphatic heterocycles. The van der Waals surface area contributed by atoms with Crippen molar-refractivity contribution in [2.75, 3.05) is 13.1 Å². The number of nitrogens with zero attached hydrogens (tertiary/aromatic N) is 1. The van der Waals surface area contributed by atoms with Crippen molar-refractivity contribution >= 4 is 31.9 Å². The van der Waals surface area contributed by atoms with E-state index < -0.39 is 16.0 Å². The second kappa shape index (κ2) is 5.70. The Balaban J connectivity index is 2.36. The average Bonchev–Trinajstić information content (AvgIpc) is 2.38. The first-order valence-electron chi connectivity index (χ1n) is 6.66. The molecular weight excluding hydrogens is 358 g/mol. The normalized spacial score (nSPS) is 19.4. The SMILES string of the molecule is CC1(C)CCN(S(=O)(=O)c2cc(C(=O)O)ccc2Br)CC1. The summed E-state index contributed by atoms with van der Waals surface area (Å²) in [7, 11) is -3.68. The summed E-state index contributed by atoms with van der Waals surface area (Å²) in [5.74, 6) is -1.14. The molecular formula is C14H18BrNO4S. The fraction of sp³-hybridized carbons (Fsp3) is 0.500. The third-order valence-electron chi connectivity index (χ3n) is 3.87. The van der Waals surface area contributed by atoms with Crippen LogP contribution in [0.15, 0.2) is 27.6 Å². The minimum Gasteiger partial charge on any atom is -0.478 e. The summed E-state index contributed by atoms with van der Waals surface area (Å²) in [6.45, 7) is 5.16. The van der Waals surface area contributed by atoms with Crippen molar-refractivity contribution < 1.29 is 18.3 Å². The summed E-state index contributed by atoms with van der Waals surface area (Å²) in [5, 5.41) is 9.02. The van der Waals surface area contributed by atoms with E-state index in [-0.39, 0.29) is 15.9 Å². The van der Waals surface area contributed by atoms with E-state index in [0.29, 0.717) is 17.6 Å². The van der Waals surface area contributed by atoms with Crippen LogP contribution in [-0.2, 0) is 10.0 Å². The van der Waals surface area contributed by atoms with Crippen LogP contribution in [0.25, 0.3) is 0 Å². The quantitative estimate of drug-likeness (QED) is 0.880. The largest absolute Gasteiger partial charge is 0.478 e. The highest BCUT2D eigenvalue weighted by molar-refractivity contribution is 9.10. The lowest BCUT2D eigenvalue weighted by molar-refractivity contribution is 0.0696. The van der Waals surface area contributed by atoms with Gasteiger partial charge in [-0.25, -0.2) is 13.2 Å². The highest BCUT2D eigenvalue weighted by Crippen LogP contribution is 2.34. The first kappa shape index (κ1) is 16.5. The number of piperidine rings is 1. The molecule has 116 valence electrons. The van der Waals surface area contributed by atoms with Gasteiger partial charge in [0.15, 0.2) is 0 Å². The molecule has 0 atom stereocenters. The number of hydrogen-bond acceptors (Lipinski definition) is 3. The molecule has 1 heterocycles. The standard InChI is InChI=1S/C14H18BrNO4S/c1-14(2)5-7-16(8-6-14)21(19,20)12-9-10(13(17)18)3-4-11(12)15/h3-4,9H,5-8H2,1-2H3,(H,17,18). The molecule has 0 saturated carbocycles. The molecule has 21 heavy (non-hydrogen) atoms. The number of halogens is 1. The van der Waals surface area contributed by atoms with Gasteiger partial charge < -0.3 is 5.11 Å². The van der Waals surface area contributed by atoms with Crippen molar-refractivity contribution in [1.82, 2.24) is 4.31 Å². The van der Waals surface area contributed by atoms with Crippen molar-refractivity contribution in [2.45, 2.75) is 31.6 Å². The fourth-order valence-corrected chi connectivity index (χ4v) is 4.70. The van der Waals surface area contributed by atoms with Gasteiger partial charge in [0, 0.05) is 17.6 Å². The Labute approximate surface area is 133 Å². The van der Waals surface area contributed by atoms with Gasteiger partial charge in [0.1, 0.15) is 0 Å². The summed E-state index contributed by atoms with van der Waals surface area (Å²) < 4.78 is 27.2. The number of aromatic carboxylic acids is 1. The number of benzene rings is 1. The molecule has 1 aromatic carbocycles. The van der Waals surface area contributed by atoms with E-state index in [1.807, 2.05) is 0 Å². The second-order valence-electron chi connectivity index (χ2n) is 6.02. The van der Waals surface area contributed by atoms with Gasteiger partial charge in [-0.15, -0.1) is 0 Å². The van der Waals surface area contributed by atoms with E-state index in [0.717, 1.165) is 12.8 Å². The minimum absolute atomic E-state index is 0.0158. The van der Waals surface area contributed by atoms with Crippen LogP contribution in [0.5, 0.6) is 0 Å². The summed E-state index contributed by atoms with van der Waals surface area (Å²) in [4.78, 5) is 11.0. The summed E-state index contributed by atoms with van der Waals surface area (Å²) >= 11 is 3.21. The molecule has 1 aliphatic rings. The van der Waals surface area contributed by atoms with Crippen molar-refractivity contribution in [1.29, 1.82) is 0 Å². The number of sulfonamides is 1. The van der Waals surface area contributed by atoms with Crippen LogP contribution >= 0.6 is 15.9 Å². The first-order valence-corrected chi connectivity index (χ1v) is 8.90. The van der Waals surface area contributed by atoms with E-state index in [9.17, 15) is 13.2 Å².